The second kappa shape index (κ2) is 5.80. The van der Waals surface area contributed by atoms with Crippen molar-refractivity contribution in [3.8, 4) is 5.88 Å². The lowest BCUT2D eigenvalue weighted by atomic mass is 9.98. The summed E-state index contributed by atoms with van der Waals surface area (Å²) in [5, 5.41) is 3.31. The number of ether oxygens (including phenoxy) is 1. The predicted molar refractivity (Wildman–Crippen MR) is 64.7 cm³/mol. The zero-order valence-corrected chi connectivity index (χ0v) is 10.7. The van der Waals surface area contributed by atoms with Crippen molar-refractivity contribution in [2.24, 2.45) is 5.92 Å². The molecule has 0 amide bonds. The quantitative estimate of drug-likeness (QED) is 0.823. The summed E-state index contributed by atoms with van der Waals surface area (Å²) in [7, 11) is 3.62. The van der Waals surface area contributed by atoms with E-state index >= 15 is 0 Å². The van der Waals surface area contributed by atoms with Gasteiger partial charge in [-0.05, 0) is 19.9 Å². The lowest BCUT2D eigenvalue weighted by molar-refractivity contribution is 0.387. The molecule has 1 atom stereocenters. The zero-order chi connectivity index (χ0) is 12.1. The van der Waals surface area contributed by atoms with Crippen molar-refractivity contribution in [1.82, 2.24) is 15.3 Å². The first-order valence-electron chi connectivity index (χ1n) is 5.61. The van der Waals surface area contributed by atoms with Crippen LogP contribution >= 0.6 is 0 Å². The fourth-order valence-electron chi connectivity index (χ4n) is 1.76. The molecule has 0 aliphatic rings. The van der Waals surface area contributed by atoms with Crippen LogP contribution in [0.1, 0.15) is 25.1 Å². The molecule has 0 saturated carbocycles. The number of aromatic nitrogens is 2. The van der Waals surface area contributed by atoms with Gasteiger partial charge in [0.25, 0.3) is 0 Å². The fraction of sp³-hybridized carbons (Fsp3) is 0.667. The molecule has 16 heavy (non-hydrogen) atoms. The Morgan fingerprint density at radius 3 is 2.56 bits per heavy atom. The maximum absolute atomic E-state index is 5.19. The van der Waals surface area contributed by atoms with Gasteiger partial charge in [-0.3, -0.25) is 0 Å². The predicted octanol–water partition coefficient (Wildman–Crippen LogP) is 1.58. The van der Waals surface area contributed by atoms with Crippen molar-refractivity contribution < 1.29 is 4.74 Å². The van der Waals surface area contributed by atoms with Crippen LogP contribution in [0.15, 0.2) is 6.33 Å². The molecule has 1 rings (SSSR count). The van der Waals surface area contributed by atoms with Gasteiger partial charge in [0.2, 0.25) is 5.88 Å². The van der Waals surface area contributed by atoms with E-state index in [0.29, 0.717) is 17.8 Å². The zero-order valence-electron chi connectivity index (χ0n) is 10.7. The number of nitrogens with one attached hydrogen (secondary N) is 1. The maximum atomic E-state index is 5.19. The summed E-state index contributed by atoms with van der Waals surface area (Å²) in [5.41, 5.74) is 2.09. The van der Waals surface area contributed by atoms with E-state index in [1.54, 1.807) is 13.4 Å². The molecule has 0 saturated heterocycles. The molecule has 0 spiro atoms. The smallest absolute Gasteiger partial charge is 0.219 e. The fourth-order valence-corrected chi connectivity index (χ4v) is 1.76. The second-order valence-corrected chi connectivity index (χ2v) is 4.30. The van der Waals surface area contributed by atoms with Gasteiger partial charge >= 0.3 is 0 Å². The average molecular weight is 223 g/mol. The molecule has 0 aromatic carbocycles. The summed E-state index contributed by atoms with van der Waals surface area (Å²) in [6, 6.07) is 0.429. The number of hydrogen-bond donors (Lipinski definition) is 1. The van der Waals surface area contributed by atoms with Gasteiger partial charge in [0.1, 0.15) is 6.33 Å². The van der Waals surface area contributed by atoms with Gasteiger partial charge in [-0.25, -0.2) is 9.97 Å². The molecule has 0 aliphatic heterocycles. The Morgan fingerprint density at radius 2 is 2.06 bits per heavy atom. The van der Waals surface area contributed by atoms with Gasteiger partial charge in [0.05, 0.1) is 12.8 Å². The molecule has 1 aromatic rings. The molecule has 1 aromatic heterocycles. The first-order valence-corrected chi connectivity index (χ1v) is 5.61. The third-order valence-corrected chi connectivity index (χ3v) is 2.92. The topological polar surface area (TPSA) is 47.0 Å². The van der Waals surface area contributed by atoms with E-state index in [1.165, 1.54) is 0 Å². The van der Waals surface area contributed by atoms with Crippen molar-refractivity contribution in [1.29, 1.82) is 0 Å². The highest BCUT2D eigenvalue weighted by Gasteiger charge is 2.15. The first-order chi connectivity index (χ1) is 7.60. The molecule has 1 N–H and O–H groups in total. The normalized spacial score (nSPS) is 12.9. The molecular weight excluding hydrogens is 202 g/mol. The number of methoxy groups -OCH3 is 1. The van der Waals surface area contributed by atoms with Gasteiger partial charge in [-0.1, -0.05) is 13.8 Å². The number of hydrogen-bond acceptors (Lipinski definition) is 4. The van der Waals surface area contributed by atoms with E-state index in [9.17, 15) is 0 Å². The van der Waals surface area contributed by atoms with Crippen molar-refractivity contribution in [3.63, 3.8) is 0 Å². The molecule has 1 heterocycles. The molecule has 0 aliphatic carbocycles. The van der Waals surface area contributed by atoms with Crippen LogP contribution in [0.5, 0.6) is 5.88 Å². The molecule has 0 fully saturated rings. The van der Waals surface area contributed by atoms with Crippen LogP contribution in [0.3, 0.4) is 0 Å². The van der Waals surface area contributed by atoms with Gasteiger partial charge in [-0.2, -0.15) is 0 Å². The standard InChI is InChI=1S/C12H21N3O/c1-8(2)10(13-4)6-11-9(3)12(16-5)15-7-14-11/h7-8,10,13H,6H2,1-5H3. The number of rotatable bonds is 5. The number of likely N-dealkylation sites (N-methyl/N-ethyl adjacent to an activating group) is 1. The van der Waals surface area contributed by atoms with E-state index in [4.69, 9.17) is 4.74 Å². The minimum Gasteiger partial charge on any atom is -0.481 e. The van der Waals surface area contributed by atoms with E-state index in [0.717, 1.165) is 17.7 Å². The summed E-state index contributed by atoms with van der Waals surface area (Å²) in [6.45, 7) is 6.41. The van der Waals surface area contributed by atoms with Gasteiger partial charge < -0.3 is 10.1 Å². The van der Waals surface area contributed by atoms with Crippen LogP contribution < -0.4 is 10.1 Å². The van der Waals surface area contributed by atoms with Crippen molar-refractivity contribution in [2.45, 2.75) is 33.2 Å². The third kappa shape index (κ3) is 2.92. The maximum Gasteiger partial charge on any atom is 0.219 e. The molecule has 1 unspecified atom stereocenters. The van der Waals surface area contributed by atoms with E-state index < -0.39 is 0 Å². The highest BCUT2D eigenvalue weighted by molar-refractivity contribution is 5.28. The van der Waals surface area contributed by atoms with Crippen LogP contribution in [0.25, 0.3) is 0 Å². The molecular formula is C12H21N3O. The Morgan fingerprint density at radius 1 is 1.38 bits per heavy atom. The molecule has 0 bridgehead atoms. The van der Waals surface area contributed by atoms with E-state index in [1.807, 2.05) is 14.0 Å². The lowest BCUT2D eigenvalue weighted by Crippen LogP contribution is -2.33. The SMILES string of the molecule is CNC(Cc1ncnc(OC)c1C)C(C)C. The van der Waals surface area contributed by atoms with Crippen LogP contribution in [-0.2, 0) is 6.42 Å². The van der Waals surface area contributed by atoms with Crippen molar-refractivity contribution in [3.05, 3.63) is 17.6 Å². The minimum absolute atomic E-state index is 0.429. The van der Waals surface area contributed by atoms with Crippen molar-refractivity contribution in [2.75, 3.05) is 14.2 Å². The van der Waals surface area contributed by atoms with E-state index in [2.05, 4.69) is 29.1 Å². The Hall–Kier alpha value is -1.16. The summed E-state index contributed by atoms with van der Waals surface area (Å²) >= 11 is 0. The largest absolute Gasteiger partial charge is 0.481 e. The monoisotopic (exact) mass is 223 g/mol. The van der Waals surface area contributed by atoms with Crippen LogP contribution in [0.4, 0.5) is 0 Å². The van der Waals surface area contributed by atoms with Crippen molar-refractivity contribution >= 4 is 0 Å². The Bertz CT molecular complexity index is 339. The van der Waals surface area contributed by atoms with Crippen LogP contribution in [0, 0.1) is 12.8 Å². The highest BCUT2D eigenvalue weighted by atomic mass is 16.5. The Labute approximate surface area is 97.5 Å². The lowest BCUT2D eigenvalue weighted by Gasteiger charge is -2.20. The molecule has 4 nitrogen and oxygen atoms in total. The second-order valence-electron chi connectivity index (χ2n) is 4.30. The molecule has 0 radical (unpaired) electrons. The molecule has 4 heteroatoms. The summed E-state index contributed by atoms with van der Waals surface area (Å²) in [6.07, 6.45) is 2.47. The van der Waals surface area contributed by atoms with Gasteiger partial charge in [0.15, 0.2) is 0 Å². The summed E-state index contributed by atoms with van der Waals surface area (Å²) in [4.78, 5) is 8.41. The summed E-state index contributed by atoms with van der Waals surface area (Å²) in [5.74, 6) is 1.24. The summed E-state index contributed by atoms with van der Waals surface area (Å²) < 4.78 is 5.19. The van der Waals surface area contributed by atoms with Crippen LogP contribution in [-0.4, -0.2) is 30.2 Å². The van der Waals surface area contributed by atoms with Crippen LogP contribution in [0.2, 0.25) is 0 Å². The third-order valence-electron chi connectivity index (χ3n) is 2.92. The van der Waals surface area contributed by atoms with Gasteiger partial charge in [0, 0.05) is 18.0 Å². The van der Waals surface area contributed by atoms with Gasteiger partial charge in [-0.15, -0.1) is 0 Å². The first kappa shape index (κ1) is 12.9. The Balaban J connectivity index is 2.88. The van der Waals surface area contributed by atoms with E-state index in [-0.39, 0.29) is 0 Å². The Kier molecular flexibility index (Phi) is 4.68. The molecule has 90 valence electrons. The minimum atomic E-state index is 0.429. The average Bonchev–Trinajstić information content (AvgIpc) is 2.27. The highest BCUT2D eigenvalue weighted by Crippen LogP contribution is 2.18. The number of nitrogens with zero attached hydrogens (tertiary/aromatic N) is 2.